The standard InChI is InChI=1S/C18H19FN2O2/c1-2-23-17-15(7-5-10-20-17)18(22)21-11-9-13(12-21)14-6-3-4-8-16(14)19/h3-8,10,13H,2,9,11-12H2,1H3/t13-/m0/s1. The average molecular weight is 314 g/mol. The first kappa shape index (κ1) is 15.5. The summed E-state index contributed by atoms with van der Waals surface area (Å²) in [5, 5.41) is 0. The quantitative estimate of drug-likeness (QED) is 0.870. The molecule has 2 aromatic rings. The third kappa shape index (κ3) is 3.18. The zero-order valence-corrected chi connectivity index (χ0v) is 13.0. The molecule has 1 aliphatic heterocycles. The summed E-state index contributed by atoms with van der Waals surface area (Å²) in [6.07, 6.45) is 2.37. The molecule has 0 saturated carbocycles. The molecule has 1 aromatic heterocycles. The monoisotopic (exact) mass is 314 g/mol. The summed E-state index contributed by atoms with van der Waals surface area (Å²) in [6, 6.07) is 10.2. The van der Waals surface area contributed by atoms with Gasteiger partial charge in [0.2, 0.25) is 5.88 Å². The summed E-state index contributed by atoms with van der Waals surface area (Å²) >= 11 is 0. The molecule has 0 unspecified atom stereocenters. The van der Waals surface area contributed by atoms with E-state index in [1.165, 1.54) is 6.07 Å². The Morgan fingerprint density at radius 2 is 2.17 bits per heavy atom. The molecule has 1 amide bonds. The lowest BCUT2D eigenvalue weighted by molar-refractivity contribution is 0.0785. The molecule has 4 nitrogen and oxygen atoms in total. The van der Waals surface area contributed by atoms with Gasteiger partial charge in [-0.1, -0.05) is 18.2 Å². The van der Waals surface area contributed by atoms with Crippen molar-refractivity contribution in [3.05, 3.63) is 59.5 Å². The van der Waals surface area contributed by atoms with Gasteiger partial charge in [-0.05, 0) is 37.1 Å². The second kappa shape index (κ2) is 6.77. The molecule has 23 heavy (non-hydrogen) atoms. The first-order valence-electron chi connectivity index (χ1n) is 7.82. The highest BCUT2D eigenvalue weighted by Crippen LogP contribution is 2.30. The average Bonchev–Trinajstić information content (AvgIpc) is 3.05. The van der Waals surface area contributed by atoms with Gasteiger partial charge in [0.25, 0.3) is 5.91 Å². The summed E-state index contributed by atoms with van der Waals surface area (Å²) in [5.74, 6) is 0.0743. The molecule has 0 radical (unpaired) electrons. The van der Waals surface area contributed by atoms with Crippen molar-refractivity contribution in [3.8, 4) is 5.88 Å². The van der Waals surface area contributed by atoms with E-state index in [1.54, 1.807) is 35.4 Å². The van der Waals surface area contributed by atoms with Gasteiger partial charge in [0.1, 0.15) is 11.4 Å². The highest BCUT2D eigenvalue weighted by atomic mass is 19.1. The SMILES string of the molecule is CCOc1ncccc1C(=O)N1CC[C@H](c2ccccc2F)C1. The molecule has 1 aliphatic rings. The Morgan fingerprint density at radius 3 is 2.96 bits per heavy atom. The van der Waals surface area contributed by atoms with Gasteiger partial charge in [-0.25, -0.2) is 9.37 Å². The molecular weight excluding hydrogens is 295 g/mol. The Bertz CT molecular complexity index is 705. The Morgan fingerprint density at radius 1 is 1.35 bits per heavy atom. The van der Waals surface area contributed by atoms with Crippen LogP contribution in [-0.4, -0.2) is 35.5 Å². The zero-order chi connectivity index (χ0) is 16.2. The maximum atomic E-state index is 13.9. The highest BCUT2D eigenvalue weighted by Gasteiger charge is 2.30. The minimum absolute atomic E-state index is 0.0346. The molecule has 1 aromatic carbocycles. The van der Waals surface area contributed by atoms with Crippen molar-refractivity contribution in [1.29, 1.82) is 0 Å². The van der Waals surface area contributed by atoms with Crippen molar-refractivity contribution in [3.63, 3.8) is 0 Å². The second-order valence-corrected chi connectivity index (χ2v) is 5.55. The molecule has 0 spiro atoms. The van der Waals surface area contributed by atoms with Crippen LogP contribution in [-0.2, 0) is 0 Å². The number of ether oxygens (including phenoxy) is 1. The van der Waals surface area contributed by atoms with Crippen molar-refractivity contribution in [2.24, 2.45) is 0 Å². The summed E-state index contributed by atoms with van der Waals surface area (Å²) in [5.41, 5.74) is 1.14. The predicted molar refractivity (Wildman–Crippen MR) is 85.1 cm³/mol. The minimum atomic E-state index is -0.205. The van der Waals surface area contributed by atoms with Gasteiger partial charge in [0.15, 0.2) is 0 Å². The van der Waals surface area contributed by atoms with Crippen molar-refractivity contribution in [2.75, 3.05) is 19.7 Å². The fourth-order valence-electron chi connectivity index (χ4n) is 2.98. The number of amides is 1. The molecule has 3 rings (SSSR count). The van der Waals surface area contributed by atoms with Crippen LogP contribution in [0.15, 0.2) is 42.6 Å². The number of nitrogens with zero attached hydrogens (tertiary/aromatic N) is 2. The van der Waals surface area contributed by atoms with Crippen LogP contribution in [0, 0.1) is 5.82 Å². The lowest BCUT2D eigenvalue weighted by atomic mass is 9.98. The van der Waals surface area contributed by atoms with E-state index >= 15 is 0 Å². The number of carbonyl (C=O) groups excluding carboxylic acids is 1. The molecule has 5 heteroatoms. The number of likely N-dealkylation sites (tertiary alicyclic amines) is 1. The van der Waals surface area contributed by atoms with Crippen LogP contribution in [0.25, 0.3) is 0 Å². The lowest BCUT2D eigenvalue weighted by Crippen LogP contribution is -2.29. The number of benzene rings is 1. The molecule has 2 heterocycles. The molecule has 0 aliphatic carbocycles. The topological polar surface area (TPSA) is 42.4 Å². The lowest BCUT2D eigenvalue weighted by Gasteiger charge is -2.18. The maximum Gasteiger partial charge on any atom is 0.259 e. The van der Waals surface area contributed by atoms with Gasteiger partial charge in [-0.2, -0.15) is 0 Å². The van der Waals surface area contributed by atoms with Crippen molar-refractivity contribution in [2.45, 2.75) is 19.3 Å². The van der Waals surface area contributed by atoms with Gasteiger partial charge in [-0.3, -0.25) is 4.79 Å². The van der Waals surface area contributed by atoms with E-state index in [9.17, 15) is 9.18 Å². The molecule has 1 fully saturated rings. The number of carbonyl (C=O) groups is 1. The number of hydrogen-bond acceptors (Lipinski definition) is 3. The first-order chi connectivity index (χ1) is 11.2. The van der Waals surface area contributed by atoms with E-state index in [1.807, 2.05) is 13.0 Å². The van der Waals surface area contributed by atoms with E-state index in [0.717, 1.165) is 6.42 Å². The molecule has 1 atom stereocenters. The third-order valence-electron chi connectivity index (χ3n) is 4.10. The largest absolute Gasteiger partial charge is 0.477 e. The van der Waals surface area contributed by atoms with Crippen LogP contribution in [0.5, 0.6) is 5.88 Å². The Labute approximate surface area is 134 Å². The minimum Gasteiger partial charge on any atom is -0.477 e. The molecule has 1 saturated heterocycles. The van der Waals surface area contributed by atoms with Crippen LogP contribution < -0.4 is 4.74 Å². The van der Waals surface area contributed by atoms with Crippen LogP contribution >= 0.6 is 0 Å². The first-order valence-corrected chi connectivity index (χ1v) is 7.82. The van der Waals surface area contributed by atoms with Crippen molar-refractivity contribution in [1.82, 2.24) is 9.88 Å². The number of aromatic nitrogens is 1. The molecular formula is C18H19FN2O2. The Balaban J connectivity index is 1.77. The van der Waals surface area contributed by atoms with E-state index in [2.05, 4.69) is 4.98 Å². The van der Waals surface area contributed by atoms with Gasteiger partial charge < -0.3 is 9.64 Å². The van der Waals surface area contributed by atoms with E-state index < -0.39 is 0 Å². The Hall–Kier alpha value is -2.43. The van der Waals surface area contributed by atoms with E-state index in [4.69, 9.17) is 4.74 Å². The van der Waals surface area contributed by atoms with Crippen LogP contribution in [0.3, 0.4) is 0 Å². The van der Waals surface area contributed by atoms with Crippen LogP contribution in [0.2, 0.25) is 0 Å². The maximum absolute atomic E-state index is 13.9. The van der Waals surface area contributed by atoms with Crippen molar-refractivity contribution >= 4 is 5.91 Å². The fourth-order valence-corrected chi connectivity index (χ4v) is 2.98. The Kier molecular flexibility index (Phi) is 4.55. The fraction of sp³-hybridized carbons (Fsp3) is 0.333. The van der Waals surface area contributed by atoms with E-state index in [-0.39, 0.29) is 17.6 Å². The van der Waals surface area contributed by atoms with Crippen molar-refractivity contribution < 1.29 is 13.9 Å². The number of halogens is 1. The summed E-state index contributed by atoms with van der Waals surface area (Å²) in [6.45, 7) is 3.43. The number of pyridine rings is 1. The summed E-state index contributed by atoms with van der Waals surface area (Å²) in [4.78, 5) is 18.6. The summed E-state index contributed by atoms with van der Waals surface area (Å²) in [7, 11) is 0. The van der Waals surface area contributed by atoms with Gasteiger partial charge in [-0.15, -0.1) is 0 Å². The normalized spacial score (nSPS) is 17.3. The molecule has 0 N–H and O–H groups in total. The summed E-state index contributed by atoms with van der Waals surface area (Å²) < 4.78 is 19.4. The smallest absolute Gasteiger partial charge is 0.259 e. The third-order valence-corrected chi connectivity index (χ3v) is 4.10. The highest BCUT2D eigenvalue weighted by molar-refractivity contribution is 5.96. The second-order valence-electron chi connectivity index (χ2n) is 5.55. The van der Waals surface area contributed by atoms with Crippen LogP contribution in [0.1, 0.15) is 35.2 Å². The molecule has 120 valence electrons. The number of rotatable bonds is 4. The van der Waals surface area contributed by atoms with Crippen LogP contribution in [0.4, 0.5) is 4.39 Å². The number of hydrogen-bond donors (Lipinski definition) is 0. The van der Waals surface area contributed by atoms with Gasteiger partial charge >= 0.3 is 0 Å². The van der Waals surface area contributed by atoms with Gasteiger partial charge in [0, 0.05) is 25.2 Å². The van der Waals surface area contributed by atoms with Gasteiger partial charge in [0.05, 0.1) is 6.61 Å². The predicted octanol–water partition coefficient (Wildman–Crippen LogP) is 3.25. The zero-order valence-electron chi connectivity index (χ0n) is 13.0. The van der Waals surface area contributed by atoms with E-state index in [0.29, 0.717) is 36.7 Å². The molecule has 0 bridgehead atoms.